The van der Waals surface area contributed by atoms with Crippen LogP contribution in [0.15, 0.2) is 0 Å². The van der Waals surface area contributed by atoms with E-state index in [1.165, 1.54) is 7.11 Å². The molecule has 0 fully saturated rings. The summed E-state index contributed by atoms with van der Waals surface area (Å²) in [7, 11) is -0.389. The monoisotopic (exact) mass is 308 g/mol. The minimum absolute atomic E-state index is 0. The van der Waals surface area contributed by atoms with E-state index in [4.69, 9.17) is 4.89 Å². The van der Waals surface area contributed by atoms with Crippen LogP contribution < -0.4 is 0 Å². The van der Waals surface area contributed by atoms with E-state index >= 15 is 0 Å². The van der Waals surface area contributed by atoms with Crippen LogP contribution in [0.1, 0.15) is 0 Å². The molecule has 0 bridgehead atoms. The van der Waals surface area contributed by atoms with Gasteiger partial charge in [0, 0.05) is 21.1 Å². The van der Waals surface area contributed by atoms with E-state index in [0.29, 0.717) is 0 Å². The predicted molar refractivity (Wildman–Crippen MR) is 34.4 cm³/mol. The van der Waals surface area contributed by atoms with E-state index in [1.54, 1.807) is 13.3 Å². The predicted octanol–water partition coefficient (Wildman–Crippen LogP) is 1.18. The summed E-state index contributed by atoms with van der Waals surface area (Å²) in [4.78, 5) is 8.72. The van der Waals surface area contributed by atoms with Gasteiger partial charge in [0.05, 0.1) is 7.11 Å². The van der Waals surface area contributed by atoms with Gasteiger partial charge in [0.1, 0.15) is 13.3 Å². The summed E-state index contributed by atoms with van der Waals surface area (Å²) in [6, 6.07) is 0. The number of hydrogen-bond acceptors (Lipinski definition) is 2. The van der Waals surface area contributed by atoms with Crippen LogP contribution in [0, 0.1) is 7.43 Å². The molecule has 0 saturated carbocycles. The molecule has 0 saturated heterocycles. The van der Waals surface area contributed by atoms with Crippen molar-refractivity contribution in [3.05, 3.63) is 7.43 Å². The maximum Gasteiger partial charge on any atom is 0.265 e. The number of rotatable bonds is 1. The first kappa shape index (κ1) is 16.0. The average Bonchev–Trinajstić information content (AvgIpc) is 1.35. The third kappa shape index (κ3) is 15.7. The van der Waals surface area contributed by atoms with Crippen molar-refractivity contribution in [3.63, 3.8) is 0 Å². The minimum Gasteiger partial charge on any atom is -0.358 e. The molecule has 0 rings (SSSR count). The van der Waals surface area contributed by atoms with Gasteiger partial charge in [0.15, 0.2) is 0 Å². The topological polar surface area (TPSA) is 29.5 Å². The standard InChI is InChI=1S/C3H10O2P.CH3.W/c1-5-6(2,3)4;;/h4H,1-3H3;1H3;/q+1;-1;. The minimum atomic E-state index is -1.90. The van der Waals surface area contributed by atoms with E-state index in [1.807, 2.05) is 0 Å². The summed E-state index contributed by atoms with van der Waals surface area (Å²) in [5.41, 5.74) is 0. The molecule has 2 nitrogen and oxygen atoms in total. The van der Waals surface area contributed by atoms with Crippen LogP contribution >= 0.6 is 7.72 Å². The van der Waals surface area contributed by atoms with Crippen LogP contribution in [-0.2, 0) is 25.6 Å². The molecule has 52 valence electrons. The third-order valence-corrected chi connectivity index (χ3v) is 1.34. The summed E-state index contributed by atoms with van der Waals surface area (Å²) >= 11 is 0. The fourth-order valence-corrected chi connectivity index (χ4v) is 0. The molecule has 0 aliphatic carbocycles. The van der Waals surface area contributed by atoms with Crippen molar-refractivity contribution in [1.82, 2.24) is 0 Å². The van der Waals surface area contributed by atoms with E-state index < -0.39 is 7.72 Å². The molecule has 0 aliphatic heterocycles. The van der Waals surface area contributed by atoms with Crippen molar-refractivity contribution in [2.75, 3.05) is 20.4 Å². The molecule has 0 aromatic rings. The van der Waals surface area contributed by atoms with Gasteiger partial charge >= 0.3 is 0 Å². The summed E-state index contributed by atoms with van der Waals surface area (Å²) in [5.74, 6) is 0. The van der Waals surface area contributed by atoms with Gasteiger partial charge in [-0.25, -0.2) is 9.42 Å². The van der Waals surface area contributed by atoms with Gasteiger partial charge in [0.25, 0.3) is 7.72 Å². The Labute approximate surface area is 66.4 Å². The van der Waals surface area contributed by atoms with Gasteiger partial charge in [-0.1, -0.05) is 0 Å². The van der Waals surface area contributed by atoms with Crippen LogP contribution in [0.4, 0.5) is 0 Å². The van der Waals surface area contributed by atoms with Crippen molar-refractivity contribution in [2.45, 2.75) is 0 Å². The Hall–Kier alpha value is 1.04. The average molecular weight is 308 g/mol. The summed E-state index contributed by atoms with van der Waals surface area (Å²) < 4.78 is 4.60. The maximum atomic E-state index is 8.72. The van der Waals surface area contributed by atoms with Crippen LogP contribution in [0.3, 0.4) is 0 Å². The van der Waals surface area contributed by atoms with Crippen LogP contribution in [-0.4, -0.2) is 25.3 Å². The quantitative estimate of drug-likeness (QED) is 0.582. The molecule has 1 N–H and O–H groups in total. The van der Waals surface area contributed by atoms with Gasteiger partial charge in [-0.2, -0.15) is 0 Å². The smallest absolute Gasteiger partial charge is 0.265 e. The van der Waals surface area contributed by atoms with Gasteiger partial charge < -0.3 is 7.43 Å². The molecule has 0 aromatic heterocycles. The zero-order valence-corrected chi connectivity index (χ0v) is 9.54. The Kier molecular flexibility index (Phi) is 12.3. The molecule has 0 atom stereocenters. The Bertz CT molecular complexity index is 43.8. The van der Waals surface area contributed by atoms with Crippen LogP contribution in [0.2, 0.25) is 0 Å². The molecule has 0 spiro atoms. The molecular weight excluding hydrogens is 295 g/mol. The molecule has 0 aromatic carbocycles. The second-order valence-corrected chi connectivity index (χ2v) is 4.43. The maximum absolute atomic E-state index is 8.72. The molecule has 8 heavy (non-hydrogen) atoms. The molecule has 0 heterocycles. The van der Waals surface area contributed by atoms with Gasteiger partial charge in [-0.3, -0.25) is 0 Å². The molecule has 4 heteroatoms. The largest absolute Gasteiger partial charge is 0.358 e. The first-order valence-corrected chi connectivity index (χ1v) is 4.24. The second-order valence-electron chi connectivity index (χ2n) is 1.48. The first-order chi connectivity index (χ1) is 2.56. The van der Waals surface area contributed by atoms with Gasteiger partial charge in [-0.05, 0) is 0 Å². The first-order valence-electron chi connectivity index (χ1n) is 1.69. The summed E-state index contributed by atoms with van der Waals surface area (Å²) in [5, 5.41) is 0. The zero-order chi connectivity index (χ0) is 5.21. The Balaban J connectivity index is -0.000000125. The van der Waals surface area contributed by atoms with E-state index in [2.05, 4.69) is 4.52 Å². The van der Waals surface area contributed by atoms with Gasteiger partial charge in [0.2, 0.25) is 0 Å². The SMILES string of the molecule is CO[P+](C)(C)O.[CH3-].[W]. The Morgan fingerprint density at radius 1 is 1.38 bits per heavy atom. The fourth-order valence-electron chi connectivity index (χ4n) is 0. The molecule has 0 aliphatic rings. The van der Waals surface area contributed by atoms with Gasteiger partial charge in [-0.15, -0.1) is 0 Å². The fraction of sp³-hybridized carbons (Fsp3) is 0.750. The zero-order valence-electron chi connectivity index (χ0n) is 5.71. The molecule has 0 radical (unpaired) electrons. The third-order valence-electron chi connectivity index (χ3n) is 0.447. The summed E-state index contributed by atoms with van der Waals surface area (Å²) in [6.07, 6.45) is 0. The van der Waals surface area contributed by atoms with Crippen molar-refractivity contribution < 1.29 is 30.5 Å². The van der Waals surface area contributed by atoms with Crippen LogP contribution in [0.5, 0.6) is 0 Å². The normalized spacial score (nSPS) is 9.00. The number of hydrogen-bond donors (Lipinski definition) is 1. The van der Waals surface area contributed by atoms with E-state index in [9.17, 15) is 0 Å². The molecule has 0 amide bonds. The second kappa shape index (κ2) is 6.16. The van der Waals surface area contributed by atoms with E-state index in [0.717, 1.165) is 0 Å². The van der Waals surface area contributed by atoms with Crippen molar-refractivity contribution >= 4 is 7.72 Å². The van der Waals surface area contributed by atoms with Crippen molar-refractivity contribution in [2.24, 2.45) is 0 Å². The molecule has 0 unspecified atom stereocenters. The Morgan fingerprint density at radius 3 is 1.50 bits per heavy atom. The Morgan fingerprint density at radius 2 is 1.50 bits per heavy atom. The van der Waals surface area contributed by atoms with Crippen molar-refractivity contribution in [3.8, 4) is 0 Å². The van der Waals surface area contributed by atoms with E-state index in [-0.39, 0.29) is 28.5 Å². The molecular formula is C4H13O2PW. The van der Waals surface area contributed by atoms with Crippen LogP contribution in [0.25, 0.3) is 0 Å². The summed E-state index contributed by atoms with van der Waals surface area (Å²) in [6.45, 7) is 3.38. The van der Waals surface area contributed by atoms with Crippen molar-refractivity contribution in [1.29, 1.82) is 0 Å².